The first kappa shape index (κ1) is 16.1. The Hall–Kier alpha value is -2.24. The number of methoxy groups -OCH3 is 1. The van der Waals surface area contributed by atoms with Crippen molar-refractivity contribution in [3.8, 4) is 18.1 Å². The topological polar surface area (TPSA) is 26.3 Å². The van der Waals surface area contributed by atoms with Crippen molar-refractivity contribution in [2.75, 3.05) is 7.11 Å². The van der Waals surface area contributed by atoms with Gasteiger partial charge in [-0.3, -0.25) is 0 Å². The maximum absolute atomic E-state index is 11.6. The van der Waals surface area contributed by atoms with Gasteiger partial charge < -0.3 is 9.53 Å². The number of benzene rings is 2. The minimum atomic E-state index is -0.329. The molecule has 2 aromatic carbocycles. The van der Waals surface area contributed by atoms with Crippen molar-refractivity contribution in [2.24, 2.45) is 5.92 Å². The van der Waals surface area contributed by atoms with Crippen LogP contribution < -0.4 is 4.74 Å². The summed E-state index contributed by atoms with van der Waals surface area (Å²) in [7, 11) is 1.60. The molecule has 2 aromatic rings. The molecule has 0 bridgehead atoms. The van der Waals surface area contributed by atoms with Crippen molar-refractivity contribution in [3.63, 3.8) is 0 Å². The molecule has 0 saturated heterocycles. The van der Waals surface area contributed by atoms with Crippen LogP contribution in [0.4, 0.5) is 0 Å². The van der Waals surface area contributed by atoms with Crippen molar-refractivity contribution in [3.05, 3.63) is 64.7 Å². The molecule has 0 radical (unpaired) electrons. The number of carbonyl (C=O) groups is 1. The summed E-state index contributed by atoms with van der Waals surface area (Å²) in [5.74, 6) is 2.79. The lowest BCUT2D eigenvalue weighted by Crippen LogP contribution is -2.16. The SMILES string of the molecule is C#C[C@@H](c1ccccc1OC)[C@H](C=O)Cc1ccc(Cl)cc1. The van der Waals surface area contributed by atoms with Gasteiger partial charge in [0.1, 0.15) is 12.0 Å². The summed E-state index contributed by atoms with van der Waals surface area (Å²) in [5, 5.41) is 0.671. The van der Waals surface area contributed by atoms with Gasteiger partial charge in [0.25, 0.3) is 0 Å². The maximum Gasteiger partial charge on any atom is 0.124 e. The van der Waals surface area contributed by atoms with E-state index in [4.69, 9.17) is 22.8 Å². The van der Waals surface area contributed by atoms with Gasteiger partial charge in [0.05, 0.1) is 13.0 Å². The molecule has 2 nitrogen and oxygen atoms in total. The molecule has 3 heteroatoms. The van der Waals surface area contributed by atoms with E-state index in [9.17, 15) is 4.79 Å². The molecular formula is C19H17ClO2. The van der Waals surface area contributed by atoms with Crippen LogP contribution in [0.2, 0.25) is 5.02 Å². The predicted molar refractivity (Wildman–Crippen MR) is 89.3 cm³/mol. The molecule has 0 aliphatic heterocycles. The minimum absolute atomic E-state index is 0.317. The van der Waals surface area contributed by atoms with Crippen LogP contribution in [0.3, 0.4) is 0 Å². The van der Waals surface area contributed by atoms with Gasteiger partial charge in [-0.25, -0.2) is 0 Å². The molecule has 22 heavy (non-hydrogen) atoms. The van der Waals surface area contributed by atoms with E-state index in [1.54, 1.807) is 7.11 Å². The van der Waals surface area contributed by atoms with Gasteiger partial charge >= 0.3 is 0 Å². The van der Waals surface area contributed by atoms with E-state index >= 15 is 0 Å². The first-order valence-electron chi connectivity index (χ1n) is 6.98. The lowest BCUT2D eigenvalue weighted by Gasteiger charge is -2.20. The molecule has 0 aliphatic rings. The van der Waals surface area contributed by atoms with Gasteiger partial charge in [0, 0.05) is 16.5 Å². The van der Waals surface area contributed by atoms with Gasteiger partial charge in [0.2, 0.25) is 0 Å². The van der Waals surface area contributed by atoms with Gasteiger partial charge in [-0.05, 0) is 30.2 Å². The van der Waals surface area contributed by atoms with E-state index in [0.29, 0.717) is 17.2 Å². The monoisotopic (exact) mass is 312 g/mol. The molecular weight excluding hydrogens is 296 g/mol. The van der Waals surface area contributed by atoms with E-state index in [1.807, 2.05) is 48.5 Å². The third-order valence-electron chi connectivity index (χ3n) is 3.64. The number of hydrogen-bond donors (Lipinski definition) is 0. The number of carbonyl (C=O) groups excluding carboxylic acids is 1. The normalized spacial score (nSPS) is 13.0. The molecule has 0 aromatic heterocycles. The van der Waals surface area contributed by atoms with Crippen LogP contribution in [0.15, 0.2) is 48.5 Å². The lowest BCUT2D eigenvalue weighted by atomic mass is 9.83. The predicted octanol–water partition coefficient (Wildman–Crippen LogP) is 4.12. The summed E-state index contributed by atoms with van der Waals surface area (Å²) in [6.45, 7) is 0. The highest BCUT2D eigenvalue weighted by atomic mass is 35.5. The number of para-hydroxylation sites is 1. The Bertz CT molecular complexity index is 671. The molecule has 0 aliphatic carbocycles. The summed E-state index contributed by atoms with van der Waals surface area (Å²) in [5.41, 5.74) is 1.88. The Balaban J connectivity index is 2.29. The average molecular weight is 313 g/mol. The quantitative estimate of drug-likeness (QED) is 0.592. The molecule has 0 unspecified atom stereocenters. The largest absolute Gasteiger partial charge is 0.496 e. The second-order valence-corrected chi connectivity index (χ2v) is 5.45. The van der Waals surface area contributed by atoms with E-state index in [-0.39, 0.29) is 11.8 Å². The third-order valence-corrected chi connectivity index (χ3v) is 3.89. The Morgan fingerprint density at radius 1 is 1.23 bits per heavy atom. The van der Waals surface area contributed by atoms with E-state index in [1.165, 1.54) is 0 Å². The molecule has 2 atom stereocenters. The molecule has 0 N–H and O–H groups in total. The minimum Gasteiger partial charge on any atom is -0.496 e. The fourth-order valence-corrected chi connectivity index (χ4v) is 2.63. The zero-order chi connectivity index (χ0) is 15.9. The Morgan fingerprint density at radius 2 is 1.91 bits per heavy atom. The number of halogens is 1. The van der Waals surface area contributed by atoms with E-state index in [0.717, 1.165) is 17.4 Å². The fraction of sp³-hybridized carbons (Fsp3) is 0.211. The zero-order valence-corrected chi connectivity index (χ0v) is 13.1. The number of aldehydes is 1. The highest BCUT2D eigenvalue weighted by molar-refractivity contribution is 6.30. The molecule has 0 spiro atoms. The summed E-state index contributed by atoms with van der Waals surface area (Å²) < 4.78 is 5.36. The molecule has 0 amide bonds. The Kier molecular flexibility index (Phi) is 5.63. The number of hydrogen-bond acceptors (Lipinski definition) is 2. The first-order valence-corrected chi connectivity index (χ1v) is 7.36. The van der Waals surface area contributed by atoms with Crippen LogP contribution in [-0.2, 0) is 11.2 Å². The van der Waals surface area contributed by atoms with E-state index < -0.39 is 0 Å². The highest BCUT2D eigenvalue weighted by Crippen LogP contribution is 2.32. The second-order valence-electron chi connectivity index (χ2n) is 5.02. The summed E-state index contributed by atoms with van der Waals surface area (Å²) in [4.78, 5) is 11.6. The van der Waals surface area contributed by atoms with E-state index in [2.05, 4.69) is 5.92 Å². The molecule has 112 valence electrons. The highest BCUT2D eigenvalue weighted by Gasteiger charge is 2.24. The number of ether oxygens (including phenoxy) is 1. The zero-order valence-electron chi connectivity index (χ0n) is 12.3. The van der Waals surface area contributed by atoms with Gasteiger partial charge in [0.15, 0.2) is 0 Å². The van der Waals surface area contributed by atoms with Crippen molar-refractivity contribution < 1.29 is 9.53 Å². The number of terminal acetylenes is 1. The van der Waals surface area contributed by atoms with Gasteiger partial charge in [-0.2, -0.15) is 0 Å². The molecule has 0 heterocycles. The smallest absolute Gasteiger partial charge is 0.124 e. The molecule has 0 saturated carbocycles. The average Bonchev–Trinajstić information content (AvgIpc) is 2.56. The Morgan fingerprint density at radius 3 is 2.50 bits per heavy atom. The van der Waals surface area contributed by atoms with Crippen molar-refractivity contribution in [1.29, 1.82) is 0 Å². The maximum atomic E-state index is 11.6. The molecule has 0 fully saturated rings. The summed E-state index contributed by atoms with van der Waals surface area (Å²) in [6.07, 6.45) is 7.18. The van der Waals surface area contributed by atoms with Crippen LogP contribution in [0, 0.1) is 18.3 Å². The van der Waals surface area contributed by atoms with Crippen LogP contribution in [0.5, 0.6) is 5.75 Å². The Labute approximate surface area is 136 Å². The fourth-order valence-electron chi connectivity index (χ4n) is 2.50. The third kappa shape index (κ3) is 3.69. The van der Waals surface area contributed by atoms with Gasteiger partial charge in [-0.1, -0.05) is 47.9 Å². The summed E-state index contributed by atoms with van der Waals surface area (Å²) >= 11 is 5.89. The van der Waals surface area contributed by atoms with Gasteiger partial charge in [-0.15, -0.1) is 6.42 Å². The van der Waals surface area contributed by atoms with Crippen molar-refractivity contribution in [1.82, 2.24) is 0 Å². The van der Waals surface area contributed by atoms with Crippen LogP contribution in [0.1, 0.15) is 17.0 Å². The summed E-state index contributed by atoms with van der Waals surface area (Å²) in [6, 6.07) is 15.0. The van der Waals surface area contributed by atoms with Crippen LogP contribution in [0.25, 0.3) is 0 Å². The number of rotatable bonds is 6. The first-order chi connectivity index (χ1) is 10.7. The standard InChI is InChI=1S/C19H17ClO2/c1-3-17(18-6-4-5-7-19(18)22-2)15(13-21)12-14-8-10-16(20)11-9-14/h1,4-11,13,15,17H,12H2,2H3/t15-,17+/m0/s1. The lowest BCUT2D eigenvalue weighted by molar-refractivity contribution is -0.111. The van der Waals surface area contributed by atoms with Crippen molar-refractivity contribution >= 4 is 17.9 Å². The van der Waals surface area contributed by atoms with Crippen LogP contribution in [-0.4, -0.2) is 13.4 Å². The molecule has 2 rings (SSSR count). The second kappa shape index (κ2) is 7.68. The van der Waals surface area contributed by atoms with Crippen molar-refractivity contribution in [2.45, 2.75) is 12.3 Å². The van der Waals surface area contributed by atoms with Crippen LogP contribution >= 0.6 is 11.6 Å².